The van der Waals surface area contributed by atoms with Gasteiger partial charge in [-0.15, -0.1) is 10.2 Å². The van der Waals surface area contributed by atoms with Crippen LogP contribution in [0, 0.1) is 5.92 Å². The normalized spacial score (nSPS) is 12.0. The molecule has 0 aliphatic rings. The molecule has 1 heterocycles. The van der Waals surface area contributed by atoms with E-state index in [4.69, 9.17) is 0 Å². The van der Waals surface area contributed by atoms with Gasteiger partial charge in [0.05, 0.1) is 5.25 Å². The number of nitrogens with one attached hydrogen (secondary N) is 2. The Morgan fingerprint density at radius 3 is 2.58 bits per heavy atom. The van der Waals surface area contributed by atoms with Crippen LogP contribution in [0.15, 0.2) is 41.8 Å². The third kappa shape index (κ3) is 5.09. The summed E-state index contributed by atoms with van der Waals surface area (Å²) in [6.07, 6.45) is 1.59. The zero-order valence-corrected chi connectivity index (χ0v) is 14.7. The number of carbonyl (C=O) groups is 2. The van der Waals surface area contributed by atoms with Crippen molar-refractivity contribution in [2.75, 3.05) is 6.54 Å². The second-order valence-corrected chi connectivity index (χ2v) is 6.98. The minimum Gasteiger partial charge on any atom is -0.338 e. The SMILES string of the molecule is CC(C)CNC(=O)NC(=O)C(C)Sc1nncn1-c1ccccc1. The van der Waals surface area contributed by atoms with Gasteiger partial charge in [-0.25, -0.2) is 4.79 Å². The van der Waals surface area contributed by atoms with Crippen LogP contribution in [0.2, 0.25) is 0 Å². The molecule has 7 nitrogen and oxygen atoms in total. The Morgan fingerprint density at radius 1 is 1.21 bits per heavy atom. The Morgan fingerprint density at radius 2 is 1.92 bits per heavy atom. The van der Waals surface area contributed by atoms with Crippen molar-refractivity contribution in [1.82, 2.24) is 25.4 Å². The number of para-hydroxylation sites is 1. The first-order chi connectivity index (χ1) is 11.5. The molecular formula is C16H21N5O2S. The van der Waals surface area contributed by atoms with Gasteiger partial charge in [-0.3, -0.25) is 14.7 Å². The highest BCUT2D eigenvalue weighted by molar-refractivity contribution is 8.00. The molecule has 1 aromatic heterocycles. The topological polar surface area (TPSA) is 88.9 Å². The van der Waals surface area contributed by atoms with Crippen LogP contribution in [-0.2, 0) is 4.79 Å². The van der Waals surface area contributed by atoms with Crippen LogP contribution in [0.3, 0.4) is 0 Å². The van der Waals surface area contributed by atoms with Gasteiger partial charge in [-0.1, -0.05) is 43.8 Å². The Bertz CT molecular complexity index is 687. The van der Waals surface area contributed by atoms with Crippen molar-refractivity contribution in [2.24, 2.45) is 5.92 Å². The van der Waals surface area contributed by atoms with Gasteiger partial charge < -0.3 is 5.32 Å². The predicted molar refractivity (Wildman–Crippen MR) is 93.1 cm³/mol. The lowest BCUT2D eigenvalue weighted by Crippen LogP contribution is -2.43. The van der Waals surface area contributed by atoms with Gasteiger partial charge in [-0.2, -0.15) is 0 Å². The van der Waals surface area contributed by atoms with Crippen molar-refractivity contribution in [1.29, 1.82) is 0 Å². The summed E-state index contributed by atoms with van der Waals surface area (Å²) in [7, 11) is 0. The number of aromatic nitrogens is 3. The van der Waals surface area contributed by atoms with E-state index >= 15 is 0 Å². The van der Waals surface area contributed by atoms with E-state index in [0.29, 0.717) is 17.6 Å². The molecule has 0 aliphatic heterocycles. The standard InChI is InChI=1S/C16H21N5O2S/c1-11(2)9-17-15(23)19-14(22)12(3)24-16-20-18-10-21(16)13-7-5-4-6-8-13/h4-8,10-12H,9H2,1-3H3,(H2,17,19,22,23). The Hall–Kier alpha value is -2.35. The first-order valence-electron chi connectivity index (χ1n) is 7.68. The maximum absolute atomic E-state index is 12.1. The number of rotatable bonds is 6. The molecule has 2 N–H and O–H groups in total. The van der Waals surface area contributed by atoms with Gasteiger partial charge in [0.15, 0.2) is 5.16 Å². The lowest BCUT2D eigenvalue weighted by molar-refractivity contribution is -0.119. The molecule has 128 valence electrons. The summed E-state index contributed by atoms with van der Waals surface area (Å²) in [5.74, 6) is -0.0501. The van der Waals surface area contributed by atoms with E-state index in [1.165, 1.54) is 11.8 Å². The smallest absolute Gasteiger partial charge is 0.321 e. The van der Waals surface area contributed by atoms with Crippen molar-refractivity contribution in [3.63, 3.8) is 0 Å². The number of urea groups is 1. The molecule has 0 fully saturated rings. The van der Waals surface area contributed by atoms with E-state index in [-0.39, 0.29) is 5.91 Å². The highest BCUT2D eigenvalue weighted by atomic mass is 32.2. The van der Waals surface area contributed by atoms with Gasteiger partial charge in [0.2, 0.25) is 5.91 Å². The van der Waals surface area contributed by atoms with Crippen molar-refractivity contribution in [3.05, 3.63) is 36.7 Å². The predicted octanol–water partition coefficient (Wildman–Crippen LogP) is 2.23. The van der Waals surface area contributed by atoms with Crippen LogP contribution in [0.25, 0.3) is 5.69 Å². The zero-order valence-electron chi connectivity index (χ0n) is 13.9. The van der Waals surface area contributed by atoms with Crippen molar-refractivity contribution in [3.8, 4) is 5.69 Å². The molecule has 0 radical (unpaired) electrons. The summed E-state index contributed by atoms with van der Waals surface area (Å²) in [5, 5.41) is 13.0. The molecule has 0 spiro atoms. The zero-order chi connectivity index (χ0) is 17.5. The molecule has 0 saturated heterocycles. The maximum atomic E-state index is 12.1. The molecule has 8 heteroatoms. The second kappa shape index (κ2) is 8.49. The lowest BCUT2D eigenvalue weighted by Gasteiger charge is -2.13. The summed E-state index contributed by atoms with van der Waals surface area (Å²) >= 11 is 1.24. The fourth-order valence-electron chi connectivity index (χ4n) is 1.84. The molecule has 1 atom stereocenters. The van der Waals surface area contributed by atoms with E-state index in [1.807, 2.05) is 44.2 Å². The highest BCUT2D eigenvalue weighted by Crippen LogP contribution is 2.23. The van der Waals surface area contributed by atoms with Crippen molar-refractivity contribution < 1.29 is 9.59 Å². The Balaban J connectivity index is 1.95. The minimum atomic E-state index is -0.485. The van der Waals surface area contributed by atoms with Crippen LogP contribution >= 0.6 is 11.8 Å². The molecule has 1 unspecified atom stereocenters. The average molecular weight is 347 g/mol. The van der Waals surface area contributed by atoms with E-state index < -0.39 is 11.3 Å². The third-order valence-corrected chi connectivity index (χ3v) is 4.17. The second-order valence-electron chi connectivity index (χ2n) is 5.67. The highest BCUT2D eigenvalue weighted by Gasteiger charge is 2.20. The van der Waals surface area contributed by atoms with Crippen molar-refractivity contribution in [2.45, 2.75) is 31.2 Å². The average Bonchev–Trinajstić information content (AvgIpc) is 3.01. The van der Waals surface area contributed by atoms with Crippen LogP contribution in [0.1, 0.15) is 20.8 Å². The third-order valence-electron chi connectivity index (χ3n) is 3.11. The first-order valence-corrected chi connectivity index (χ1v) is 8.56. The largest absolute Gasteiger partial charge is 0.338 e. The molecule has 0 bridgehead atoms. The van der Waals surface area contributed by atoms with E-state index in [1.54, 1.807) is 17.8 Å². The monoisotopic (exact) mass is 347 g/mol. The molecule has 1 aromatic carbocycles. The number of nitrogens with zero attached hydrogens (tertiary/aromatic N) is 3. The number of amides is 3. The minimum absolute atomic E-state index is 0.321. The number of carbonyl (C=O) groups excluding carboxylic acids is 2. The van der Waals surface area contributed by atoms with Crippen LogP contribution in [0.4, 0.5) is 4.79 Å². The summed E-state index contributed by atoms with van der Waals surface area (Å²) in [6, 6.07) is 9.13. The van der Waals surface area contributed by atoms with Crippen LogP contribution < -0.4 is 10.6 Å². The fraction of sp³-hybridized carbons (Fsp3) is 0.375. The van der Waals surface area contributed by atoms with Crippen LogP contribution in [-0.4, -0.2) is 38.5 Å². The summed E-state index contributed by atoms with van der Waals surface area (Å²) in [5.41, 5.74) is 0.910. The molecule has 2 aromatic rings. The van der Waals surface area contributed by atoms with Gasteiger partial charge in [0.25, 0.3) is 0 Å². The van der Waals surface area contributed by atoms with Gasteiger partial charge >= 0.3 is 6.03 Å². The molecule has 24 heavy (non-hydrogen) atoms. The Kier molecular flexibility index (Phi) is 6.36. The van der Waals surface area contributed by atoms with Gasteiger partial charge in [0, 0.05) is 12.2 Å². The number of thioether (sulfide) groups is 1. The summed E-state index contributed by atoms with van der Waals surface area (Å²) < 4.78 is 1.80. The summed E-state index contributed by atoms with van der Waals surface area (Å²) in [4.78, 5) is 23.8. The quantitative estimate of drug-likeness (QED) is 0.782. The Labute approximate surface area is 145 Å². The number of imide groups is 1. The number of hydrogen-bond acceptors (Lipinski definition) is 5. The first kappa shape index (κ1) is 18.0. The molecule has 0 saturated carbocycles. The molecular weight excluding hydrogens is 326 g/mol. The number of benzene rings is 1. The van der Waals surface area contributed by atoms with Gasteiger partial charge in [-0.05, 0) is 25.0 Å². The summed E-state index contributed by atoms with van der Waals surface area (Å²) in [6.45, 7) is 6.21. The van der Waals surface area contributed by atoms with E-state index in [0.717, 1.165) is 5.69 Å². The maximum Gasteiger partial charge on any atom is 0.321 e. The molecule has 0 aliphatic carbocycles. The van der Waals surface area contributed by atoms with Crippen molar-refractivity contribution >= 4 is 23.7 Å². The fourth-order valence-corrected chi connectivity index (χ4v) is 2.68. The van der Waals surface area contributed by atoms with E-state index in [2.05, 4.69) is 20.8 Å². The lowest BCUT2D eigenvalue weighted by atomic mass is 10.2. The number of hydrogen-bond donors (Lipinski definition) is 2. The molecule has 3 amide bonds. The van der Waals surface area contributed by atoms with Crippen LogP contribution in [0.5, 0.6) is 0 Å². The van der Waals surface area contributed by atoms with Gasteiger partial charge in [0.1, 0.15) is 6.33 Å². The molecule has 2 rings (SSSR count). The van der Waals surface area contributed by atoms with E-state index in [9.17, 15) is 9.59 Å².